The fraction of sp³-hybridized carbons (Fsp3) is 0. The average molecular weight is 318 g/mol. The molecule has 0 heterocycles. The lowest BCUT2D eigenvalue weighted by Crippen LogP contribution is -1.90. The Morgan fingerprint density at radius 1 is 0.500 bits per heavy atom. The van der Waals surface area contributed by atoms with E-state index in [9.17, 15) is 13.2 Å². The molecule has 0 aliphatic carbocycles. The molecule has 0 atom stereocenters. The first-order valence-electron chi connectivity index (χ1n) is 6.70. The van der Waals surface area contributed by atoms with Crippen LogP contribution >= 0.6 is 10.9 Å². The predicted molar refractivity (Wildman–Crippen MR) is 83.0 cm³/mol. The van der Waals surface area contributed by atoms with Gasteiger partial charge in [0.2, 0.25) is 0 Å². The van der Waals surface area contributed by atoms with Gasteiger partial charge in [-0.1, -0.05) is 12.1 Å². The first-order chi connectivity index (χ1) is 10.6. The number of hydrogen-bond acceptors (Lipinski definition) is 0. The van der Waals surface area contributed by atoms with Crippen LogP contribution in [0.15, 0.2) is 87.5 Å². The zero-order valence-corrected chi connectivity index (χ0v) is 12.4. The summed E-state index contributed by atoms with van der Waals surface area (Å²) in [6, 6.07) is 18.6. The van der Waals surface area contributed by atoms with Gasteiger partial charge in [0.05, 0.1) is 0 Å². The van der Waals surface area contributed by atoms with E-state index in [1.807, 2.05) is 12.1 Å². The monoisotopic (exact) mass is 318 g/mol. The third-order valence-electron chi connectivity index (χ3n) is 3.22. The fourth-order valence-electron chi connectivity index (χ4n) is 2.27. The average Bonchev–Trinajstić information content (AvgIpc) is 2.50. The van der Waals surface area contributed by atoms with E-state index in [2.05, 4.69) is 0 Å². The van der Waals surface area contributed by atoms with Crippen molar-refractivity contribution in [1.82, 2.24) is 0 Å². The summed E-state index contributed by atoms with van der Waals surface area (Å²) in [6.07, 6.45) is 0. The Morgan fingerprint density at radius 2 is 1.00 bits per heavy atom. The van der Waals surface area contributed by atoms with Crippen LogP contribution in [-0.2, 0) is 0 Å². The largest absolute Gasteiger partial charge is 0.207 e. The highest BCUT2D eigenvalue weighted by atomic mass is 32.2. The Hall–Kier alpha value is -2.20. The van der Waals surface area contributed by atoms with E-state index in [0.717, 1.165) is 14.7 Å². The second-order valence-corrected chi connectivity index (χ2v) is 6.99. The van der Waals surface area contributed by atoms with Crippen molar-refractivity contribution in [2.24, 2.45) is 0 Å². The topological polar surface area (TPSA) is 0 Å². The molecule has 4 heteroatoms. The first-order valence-corrected chi connectivity index (χ1v) is 8.04. The van der Waals surface area contributed by atoms with E-state index in [4.69, 9.17) is 0 Å². The maximum atomic E-state index is 13.6. The quantitative estimate of drug-likeness (QED) is 0.599. The molecule has 0 amide bonds. The molecule has 0 fully saturated rings. The van der Waals surface area contributed by atoms with Crippen molar-refractivity contribution in [3.63, 3.8) is 0 Å². The van der Waals surface area contributed by atoms with E-state index >= 15 is 0 Å². The van der Waals surface area contributed by atoms with Gasteiger partial charge < -0.3 is 0 Å². The highest BCUT2D eigenvalue weighted by molar-refractivity contribution is 8.17. The summed E-state index contributed by atoms with van der Waals surface area (Å²) in [4.78, 5) is 2.35. The predicted octanol–water partition coefficient (Wildman–Crippen LogP) is 5.58. The van der Waals surface area contributed by atoms with Crippen molar-refractivity contribution >= 4 is 10.9 Å². The smallest absolute Gasteiger partial charge is 0.124 e. The molecule has 0 radical (unpaired) electrons. The molecule has 0 nitrogen and oxygen atoms in total. The van der Waals surface area contributed by atoms with Crippen molar-refractivity contribution in [2.75, 3.05) is 0 Å². The molecule has 0 unspecified atom stereocenters. The van der Waals surface area contributed by atoms with E-state index in [0.29, 0.717) is 0 Å². The summed E-state index contributed by atoms with van der Waals surface area (Å²) in [5, 5.41) is 0. The third kappa shape index (κ3) is 3.17. The van der Waals surface area contributed by atoms with Gasteiger partial charge in [0.25, 0.3) is 0 Å². The van der Waals surface area contributed by atoms with Crippen LogP contribution in [-0.4, -0.2) is 0 Å². The van der Waals surface area contributed by atoms with Crippen LogP contribution in [0.5, 0.6) is 0 Å². The molecule has 0 N–H and O–H groups in total. The molecular formula is C18H13F3S. The van der Waals surface area contributed by atoms with Gasteiger partial charge in [0, 0.05) is 0 Å². The van der Waals surface area contributed by atoms with Crippen LogP contribution < -0.4 is 0 Å². The molecule has 3 aromatic rings. The highest BCUT2D eigenvalue weighted by Crippen LogP contribution is 2.51. The zero-order valence-electron chi connectivity index (χ0n) is 11.5. The van der Waals surface area contributed by atoms with Gasteiger partial charge in [-0.05, 0) is 75.4 Å². The second kappa shape index (κ2) is 6.28. The van der Waals surface area contributed by atoms with Crippen molar-refractivity contribution in [1.29, 1.82) is 0 Å². The van der Waals surface area contributed by atoms with E-state index in [-0.39, 0.29) is 17.5 Å². The Balaban J connectivity index is 2.15. The minimum atomic E-state index is -1.14. The summed E-state index contributed by atoms with van der Waals surface area (Å²) in [5.74, 6) is -1.02. The molecule has 0 aliphatic rings. The van der Waals surface area contributed by atoms with Crippen LogP contribution in [0.4, 0.5) is 13.2 Å². The van der Waals surface area contributed by atoms with Crippen molar-refractivity contribution in [3.8, 4) is 0 Å². The minimum Gasteiger partial charge on any atom is -0.207 e. The van der Waals surface area contributed by atoms with E-state index in [1.54, 1.807) is 24.3 Å². The maximum absolute atomic E-state index is 13.6. The van der Waals surface area contributed by atoms with Crippen LogP contribution in [0.25, 0.3) is 0 Å². The van der Waals surface area contributed by atoms with Crippen LogP contribution in [0, 0.1) is 17.5 Å². The van der Waals surface area contributed by atoms with Gasteiger partial charge in [-0.3, -0.25) is 0 Å². The lowest BCUT2D eigenvalue weighted by molar-refractivity contribution is 0.623. The van der Waals surface area contributed by atoms with Crippen LogP contribution in [0.1, 0.15) is 0 Å². The van der Waals surface area contributed by atoms with Gasteiger partial charge in [-0.25, -0.2) is 13.2 Å². The Labute approximate surface area is 129 Å². The molecule has 0 aliphatic heterocycles. The van der Waals surface area contributed by atoms with Crippen molar-refractivity contribution in [3.05, 3.63) is 90.2 Å². The molecule has 0 bridgehead atoms. The lowest BCUT2D eigenvalue weighted by atomic mass is 10.3. The summed E-state index contributed by atoms with van der Waals surface area (Å²) in [5.41, 5.74) is 0. The number of hydrogen-bond donors (Lipinski definition) is 1. The molecule has 0 saturated heterocycles. The number of thiol groups is 1. The standard InChI is InChI=1S/C18H13F3S/c19-13-7-9-16(10-8-13)22(17-5-1-3-14(20)11-17)18-6-2-4-15(21)12-18/h1-12,22H. The normalized spacial score (nSPS) is 11.3. The summed E-state index contributed by atoms with van der Waals surface area (Å²) >= 11 is 0. The van der Waals surface area contributed by atoms with Crippen LogP contribution in [0.2, 0.25) is 0 Å². The van der Waals surface area contributed by atoms with E-state index in [1.165, 1.54) is 36.4 Å². The van der Waals surface area contributed by atoms with Gasteiger partial charge in [0.1, 0.15) is 17.5 Å². The SMILES string of the molecule is Fc1ccc([SH](c2cccc(F)c2)c2cccc(F)c2)cc1. The molecule has 0 saturated carbocycles. The minimum absolute atomic E-state index is 0.336. The second-order valence-electron chi connectivity index (χ2n) is 4.77. The van der Waals surface area contributed by atoms with Gasteiger partial charge in [0.15, 0.2) is 0 Å². The molecule has 22 heavy (non-hydrogen) atoms. The first kappa shape index (κ1) is 14.7. The molecule has 3 aromatic carbocycles. The lowest BCUT2D eigenvalue weighted by Gasteiger charge is -2.23. The Morgan fingerprint density at radius 3 is 1.45 bits per heavy atom. The number of benzene rings is 3. The summed E-state index contributed by atoms with van der Waals surface area (Å²) in [7, 11) is -1.14. The van der Waals surface area contributed by atoms with Crippen molar-refractivity contribution in [2.45, 2.75) is 14.7 Å². The van der Waals surface area contributed by atoms with Crippen LogP contribution in [0.3, 0.4) is 0 Å². The Bertz CT molecular complexity index is 739. The van der Waals surface area contributed by atoms with Gasteiger partial charge in [-0.15, -0.1) is 0 Å². The Kier molecular flexibility index (Phi) is 4.20. The van der Waals surface area contributed by atoms with Gasteiger partial charge >= 0.3 is 0 Å². The summed E-state index contributed by atoms with van der Waals surface area (Å²) in [6.45, 7) is 0. The number of halogens is 3. The third-order valence-corrected chi connectivity index (χ3v) is 5.62. The molecule has 0 aromatic heterocycles. The summed E-state index contributed by atoms with van der Waals surface area (Å²) < 4.78 is 40.3. The molecular weight excluding hydrogens is 305 g/mol. The highest BCUT2D eigenvalue weighted by Gasteiger charge is 2.14. The number of rotatable bonds is 3. The zero-order chi connectivity index (χ0) is 15.5. The van der Waals surface area contributed by atoms with Crippen molar-refractivity contribution < 1.29 is 13.2 Å². The van der Waals surface area contributed by atoms with Gasteiger partial charge in [-0.2, -0.15) is 10.9 Å². The molecule has 3 rings (SSSR count). The molecule has 0 spiro atoms. The fourth-order valence-corrected chi connectivity index (χ4v) is 4.58. The van der Waals surface area contributed by atoms with E-state index < -0.39 is 10.9 Å². The maximum Gasteiger partial charge on any atom is 0.124 e. The molecule has 112 valence electrons.